The van der Waals surface area contributed by atoms with E-state index in [9.17, 15) is 0 Å². The molecule has 11 unspecified atom stereocenters. The standard InChI is InChI=1S/C31H48Si/c1-20-17-23-13-8-9-15-26(23)30(20)32(3,4)31-21(2)18-27-28(31)19-24-14-10-16-25(24)29(27)22-11-6-5-7-12-22/h5-7,11-12,20-21,23-31H,8-10,13-19H2,1-4H3. The Bertz CT molecular complexity index is 798. The largest absolute Gasteiger partial charge is 0.0689 e. The van der Waals surface area contributed by atoms with Crippen molar-refractivity contribution in [1.29, 1.82) is 0 Å². The van der Waals surface area contributed by atoms with Gasteiger partial charge in [0, 0.05) is 0 Å². The minimum atomic E-state index is -1.35. The summed E-state index contributed by atoms with van der Waals surface area (Å²) in [5, 5.41) is 0. The van der Waals surface area contributed by atoms with Crippen molar-refractivity contribution >= 4 is 8.07 Å². The zero-order chi connectivity index (χ0) is 22.0. The van der Waals surface area contributed by atoms with E-state index in [0.717, 1.165) is 64.3 Å². The van der Waals surface area contributed by atoms with E-state index in [1.165, 1.54) is 38.5 Å². The molecule has 11 atom stereocenters. The first kappa shape index (κ1) is 21.9. The van der Waals surface area contributed by atoms with E-state index in [1.54, 1.807) is 31.2 Å². The summed E-state index contributed by atoms with van der Waals surface area (Å²) in [5.41, 5.74) is 3.89. The fourth-order valence-electron chi connectivity index (χ4n) is 11.7. The molecule has 5 saturated carbocycles. The Balaban J connectivity index is 1.34. The van der Waals surface area contributed by atoms with Crippen LogP contribution in [0.25, 0.3) is 0 Å². The summed E-state index contributed by atoms with van der Waals surface area (Å²) in [4.78, 5) is 0. The molecule has 0 bridgehead atoms. The highest BCUT2D eigenvalue weighted by Gasteiger charge is 2.60. The third-order valence-electron chi connectivity index (χ3n) is 12.1. The molecule has 0 heterocycles. The lowest BCUT2D eigenvalue weighted by Crippen LogP contribution is -2.47. The molecule has 6 rings (SSSR count). The van der Waals surface area contributed by atoms with E-state index in [2.05, 4.69) is 57.3 Å². The highest BCUT2D eigenvalue weighted by atomic mass is 28.3. The molecule has 0 aliphatic heterocycles. The molecule has 5 aliphatic rings. The molecule has 0 aromatic heterocycles. The van der Waals surface area contributed by atoms with Gasteiger partial charge < -0.3 is 0 Å². The van der Waals surface area contributed by atoms with Gasteiger partial charge in [-0.15, -0.1) is 0 Å². The van der Waals surface area contributed by atoms with Crippen LogP contribution in [0.5, 0.6) is 0 Å². The molecule has 0 nitrogen and oxygen atoms in total. The summed E-state index contributed by atoms with van der Waals surface area (Å²) in [6, 6.07) is 11.9. The predicted octanol–water partition coefficient (Wildman–Crippen LogP) is 9.16. The van der Waals surface area contributed by atoms with Gasteiger partial charge in [0.2, 0.25) is 0 Å². The average Bonchev–Trinajstić information content (AvgIpc) is 3.46. The number of rotatable bonds is 3. The lowest BCUT2D eigenvalue weighted by Gasteiger charge is -2.50. The molecule has 1 aromatic carbocycles. The second kappa shape index (κ2) is 8.28. The van der Waals surface area contributed by atoms with Gasteiger partial charge >= 0.3 is 0 Å². The Hall–Kier alpha value is -0.563. The summed E-state index contributed by atoms with van der Waals surface area (Å²) >= 11 is 0. The minimum Gasteiger partial charge on any atom is -0.0689 e. The lowest BCUT2D eigenvalue weighted by molar-refractivity contribution is 0.120. The van der Waals surface area contributed by atoms with Crippen molar-refractivity contribution in [3.8, 4) is 0 Å². The first-order valence-corrected chi connectivity index (χ1v) is 17.7. The maximum absolute atomic E-state index is 2.90. The monoisotopic (exact) mass is 448 g/mol. The van der Waals surface area contributed by atoms with Crippen LogP contribution in [0.15, 0.2) is 30.3 Å². The second-order valence-corrected chi connectivity index (χ2v) is 18.8. The van der Waals surface area contributed by atoms with Gasteiger partial charge in [-0.3, -0.25) is 0 Å². The summed E-state index contributed by atoms with van der Waals surface area (Å²) in [5.74, 6) is 9.04. The molecule has 0 N–H and O–H groups in total. The van der Waals surface area contributed by atoms with Gasteiger partial charge in [0.1, 0.15) is 0 Å². The third kappa shape index (κ3) is 3.34. The highest BCUT2D eigenvalue weighted by molar-refractivity contribution is 6.80. The van der Waals surface area contributed by atoms with Crippen LogP contribution in [0, 0.1) is 47.3 Å². The van der Waals surface area contributed by atoms with E-state index < -0.39 is 8.07 Å². The Labute approximate surface area is 199 Å². The maximum Gasteiger partial charge on any atom is 0.0546 e. The van der Waals surface area contributed by atoms with Gasteiger partial charge in [0.05, 0.1) is 8.07 Å². The molecule has 176 valence electrons. The molecule has 5 aliphatic carbocycles. The van der Waals surface area contributed by atoms with Crippen LogP contribution in [0.1, 0.15) is 89.5 Å². The first-order valence-electron chi connectivity index (χ1n) is 14.5. The number of benzene rings is 1. The molecule has 5 fully saturated rings. The van der Waals surface area contributed by atoms with Gasteiger partial charge in [-0.05, 0) is 95.6 Å². The topological polar surface area (TPSA) is 0 Å². The zero-order valence-corrected chi connectivity index (χ0v) is 22.3. The van der Waals surface area contributed by atoms with Crippen molar-refractivity contribution in [1.82, 2.24) is 0 Å². The van der Waals surface area contributed by atoms with Crippen LogP contribution in [-0.4, -0.2) is 8.07 Å². The van der Waals surface area contributed by atoms with Crippen LogP contribution in [0.2, 0.25) is 24.2 Å². The van der Waals surface area contributed by atoms with Gasteiger partial charge in [-0.1, -0.05) is 95.8 Å². The van der Waals surface area contributed by atoms with E-state index >= 15 is 0 Å². The van der Waals surface area contributed by atoms with Gasteiger partial charge in [-0.25, -0.2) is 0 Å². The molecule has 0 radical (unpaired) electrons. The molecular formula is C31H48Si. The third-order valence-corrected chi connectivity index (χ3v) is 17.5. The van der Waals surface area contributed by atoms with Crippen molar-refractivity contribution in [3.63, 3.8) is 0 Å². The zero-order valence-electron chi connectivity index (χ0n) is 21.3. The Kier molecular flexibility index (Phi) is 5.68. The fraction of sp³-hybridized carbons (Fsp3) is 0.806. The lowest BCUT2D eigenvalue weighted by atomic mass is 9.62. The maximum atomic E-state index is 2.90. The minimum absolute atomic E-state index is 0.864. The first-order chi connectivity index (χ1) is 15.5. The van der Waals surface area contributed by atoms with Crippen molar-refractivity contribution in [3.05, 3.63) is 35.9 Å². The van der Waals surface area contributed by atoms with E-state index in [-0.39, 0.29) is 0 Å². The quantitative estimate of drug-likeness (QED) is 0.404. The second-order valence-electron chi connectivity index (χ2n) is 13.9. The van der Waals surface area contributed by atoms with Gasteiger partial charge in [-0.2, -0.15) is 0 Å². The summed E-state index contributed by atoms with van der Waals surface area (Å²) in [6.07, 6.45) is 15.4. The summed E-state index contributed by atoms with van der Waals surface area (Å²) in [6.45, 7) is 11.2. The summed E-state index contributed by atoms with van der Waals surface area (Å²) < 4.78 is 0. The highest BCUT2D eigenvalue weighted by Crippen LogP contribution is 2.68. The van der Waals surface area contributed by atoms with Crippen LogP contribution in [0.3, 0.4) is 0 Å². The fourth-order valence-corrected chi connectivity index (χ4v) is 18.4. The molecule has 32 heavy (non-hydrogen) atoms. The molecule has 0 spiro atoms. The molecule has 0 amide bonds. The smallest absolute Gasteiger partial charge is 0.0546 e. The SMILES string of the molecule is CC1CC2CCCCC2C1[Si](C)(C)C1C(C)CC2C1CC1CCCC1C2c1ccccc1. The Morgan fingerprint density at radius 2 is 1.25 bits per heavy atom. The Morgan fingerprint density at radius 1 is 0.625 bits per heavy atom. The molecule has 0 saturated heterocycles. The number of hydrogen-bond acceptors (Lipinski definition) is 0. The molecule has 1 heteroatoms. The van der Waals surface area contributed by atoms with E-state index in [0.29, 0.717) is 0 Å². The van der Waals surface area contributed by atoms with Crippen molar-refractivity contribution in [2.24, 2.45) is 47.3 Å². The van der Waals surface area contributed by atoms with Gasteiger partial charge in [0.15, 0.2) is 0 Å². The van der Waals surface area contributed by atoms with Crippen LogP contribution < -0.4 is 0 Å². The average molecular weight is 449 g/mol. The van der Waals surface area contributed by atoms with Crippen molar-refractivity contribution in [2.45, 2.75) is 108 Å². The molecular weight excluding hydrogens is 400 g/mol. The van der Waals surface area contributed by atoms with Crippen LogP contribution in [-0.2, 0) is 0 Å². The summed E-state index contributed by atoms with van der Waals surface area (Å²) in [7, 11) is -1.35. The van der Waals surface area contributed by atoms with E-state index in [4.69, 9.17) is 0 Å². The van der Waals surface area contributed by atoms with Crippen LogP contribution >= 0.6 is 0 Å². The number of hydrogen-bond donors (Lipinski definition) is 0. The normalized spacial score (nSPS) is 48.3. The van der Waals surface area contributed by atoms with Crippen molar-refractivity contribution < 1.29 is 0 Å². The van der Waals surface area contributed by atoms with Crippen molar-refractivity contribution in [2.75, 3.05) is 0 Å². The van der Waals surface area contributed by atoms with Gasteiger partial charge in [0.25, 0.3) is 0 Å². The predicted molar refractivity (Wildman–Crippen MR) is 140 cm³/mol. The Morgan fingerprint density at radius 3 is 2.06 bits per heavy atom. The number of fused-ring (bicyclic) bond motifs is 3. The van der Waals surface area contributed by atoms with Crippen LogP contribution in [0.4, 0.5) is 0 Å². The molecule has 1 aromatic rings. The van der Waals surface area contributed by atoms with E-state index in [1.807, 2.05) is 0 Å².